The molecule has 4 rings (SSSR count). The Balaban J connectivity index is 1.64. The first-order valence-electron chi connectivity index (χ1n) is 12.5. The summed E-state index contributed by atoms with van der Waals surface area (Å²) in [6.45, 7) is 16.9. The third-order valence-corrected chi connectivity index (χ3v) is 6.97. The Labute approximate surface area is 212 Å². The molecule has 0 bridgehead atoms. The summed E-state index contributed by atoms with van der Waals surface area (Å²) in [7, 11) is 2.14. The van der Waals surface area contributed by atoms with Gasteiger partial charge in [0.15, 0.2) is 0 Å². The number of piperazine rings is 1. The molecule has 8 nitrogen and oxygen atoms in total. The monoisotopic (exact) mass is 488 g/mol. The van der Waals surface area contributed by atoms with Crippen LogP contribution >= 0.6 is 0 Å². The normalized spacial score (nSPS) is 14.9. The molecule has 0 unspecified atom stereocenters. The largest absolute Gasteiger partial charge is 0.369 e. The van der Waals surface area contributed by atoms with Gasteiger partial charge in [0.05, 0.1) is 17.3 Å². The molecule has 36 heavy (non-hydrogen) atoms. The molecule has 1 aliphatic heterocycles. The number of fused-ring (bicyclic) bond motifs is 1. The number of aromatic amines is 1. The molecular formula is C28H36N6O2. The van der Waals surface area contributed by atoms with E-state index in [1.807, 2.05) is 44.5 Å². The molecule has 1 saturated heterocycles. The van der Waals surface area contributed by atoms with E-state index in [4.69, 9.17) is 0 Å². The highest BCUT2D eigenvalue weighted by Crippen LogP contribution is 2.27. The fraction of sp³-hybridized carbons (Fsp3) is 0.393. The number of hydrogen-bond donors (Lipinski definition) is 2. The van der Waals surface area contributed by atoms with Gasteiger partial charge < -0.3 is 20.1 Å². The summed E-state index contributed by atoms with van der Waals surface area (Å²) >= 11 is 0. The molecule has 3 aromatic rings. The van der Waals surface area contributed by atoms with Crippen molar-refractivity contribution in [3.8, 4) is 0 Å². The van der Waals surface area contributed by atoms with E-state index >= 15 is 0 Å². The second-order valence-electron chi connectivity index (χ2n) is 9.65. The maximum atomic E-state index is 13.4. The molecule has 0 spiro atoms. The summed E-state index contributed by atoms with van der Waals surface area (Å²) in [4.78, 5) is 33.2. The van der Waals surface area contributed by atoms with Gasteiger partial charge in [0.2, 0.25) is 0 Å². The zero-order chi connectivity index (χ0) is 26.0. The van der Waals surface area contributed by atoms with E-state index in [9.17, 15) is 9.59 Å². The standard InChI is InChI=1S/C28H36N6O2/c1-7-34-26-15-22(18(2)13-21(5)33-10-8-32(6)9-11-33)14-23(25(26)17-30-34)27(35)29-16-24-19(3)12-20(4)31-28(24)36/h12-15,17H,5,7-11,16H2,1-4,6H3,(H,29,35)(H,31,36)/b18-13+. The Kier molecular flexibility index (Phi) is 7.45. The van der Waals surface area contributed by atoms with Crippen LogP contribution in [0.1, 0.15) is 46.6 Å². The minimum Gasteiger partial charge on any atom is -0.369 e. The number of likely N-dealkylation sites (N-methyl/N-ethyl adjacent to an activating group) is 1. The van der Waals surface area contributed by atoms with Crippen LogP contribution in [0.5, 0.6) is 0 Å². The number of aromatic nitrogens is 3. The van der Waals surface area contributed by atoms with E-state index in [-0.39, 0.29) is 18.0 Å². The molecule has 2 aromatic heterocycles. The summed E-state index contributed by atoms with van der Waals surface area (Å²) < 4.78 is 1.90. The average molecular weight is 489 g/mol. The minimum absolute atomic E-state index is 0.156. The van der Waals surface area contributed by atoms with Gasteiger partial charge in [-0.15, -0.1) is 0 Å². The van der Waals surface area contributed by atoms with Crippen LogP contribution in [0, 0.1) is 13.8 Å². The second kappa shape index (κ2) is 10.5. The Bertz CT molecular complexity index is 1390. The highest BCUT2D eigenvalue weighted by Gasteiger charge is 2.18. The van der Waals surface area contributed by atoms with Crippen molar-refractivity contribution in [2.24, 2.45) is 0 Å². The van der Waals surface area contributed by atoms with Gasteiger partial charge in [0.1, 0.15) is 0 Å². The molecule has 0 atom stereocenters. The van der Waals surface area contributed by atoms with E-state index in [1.54, 1.807) is 6.20 Å². The Morgan fingerprint density at radius 3 is 2.58 bits per heavy atom. The topological polar surface area (TPSA) is 86.3 Å². The van der Waals surface area contributed by atoms with Crippen molar-refractivity contribution in [2.45, 2.75) is 40.8 Å². The number of carbonyl (C=O) groups excluding carboxylic acids is 1. The third kappa shape index (κ3) is 5.28. The summed E-state index contributed by atoms with van der Waals surface area (Å²) in [5, 5.41) is 8.23. The lowest BCUT2D eigenvalue weighted by molar-refractivity contribution is 0.0952. The predicted molar refractivity (Wildman–Crippen MR) is 145 cm³/mol. The summed E-state index contributed by atoms with van der Waals surface area (Å²) in [5.41, 5.74) is 6.45. The van der Waals surface area contributed by atoms with Gasteiger partial charge in [-0.05, 0) is 75.7 Å². The van der Waals surface area contributed by atoms with Crippen LogP contribution in [0.15, 0.2) is 47.5 Å². The van der Waals surface area contributed by atoms with Crippen LogP contribution in [-0.4, -0.2) is 63.7 Å². The Morgan fingerprint density at radius 1 is 1.19 bits per heavy atom. The molecule has 1 fully saturated rings. The number of hydrogen-bond acceptors (Lipinski definition) is 5. The summed E-state index contributed by atoms with van der Waals surface area (Å²) in [5.74, 6) is -0.234. The maximum absolute atomic E-state index is 13.4. The van der Waals surface area contributed by atoms with Gasteiger partial charge in [-0.3, -0.25) is 14.3 Å². The molecular weight excluding hydrogens is 452 g/mol. The van der Waals surface area contributed by atoms with Crippen molar-refractivity contribution in [1.82, 2.24) is 29.9 Å². The Morgan fingerprint density at radius 2 is 1.92 bits per heavy atom. The third-order valence-electron chi connectivity index (χ3n) is 6.97. The fourth-order valence-electron chi connectivity index (χ4n) is 4.73. The summed E-state index contributed by atoms with van der Waals surface area (Å²) in [6, 6.07) is 5.91. The van der Waals surface area contributed by atoms with Crippen LogP contribution in [0.25, 0.3) is 16.5 Å². The van der Waals surface area contributed by atoms with Gasteiger partial charge >= 0.3 is 0 Å². The number of pyridine rings is 1. The molecule has 190 valence electrons. The highest BCUT2D eigenvalue weighted by atomic mass is 16.1. The lowest BCUT2D eigenvalue weighted by atomic mass is 9.99. The van der Waals surface area contributed by atoms with E-state index < -0.39 is 0 Å². The first kappa shape index (κ1) is 25.4. The minimum atomic E-state index is -0.234. The van der Waals surface area contributed by atoms with Crippen LogP contribution in [0.3, 0.4) is 0 Å². The molecule has 3 heterocycles. The van der Waals surface area contributed by atoms with E-state index in [2.05, 4.69) is 51.0 Å². The quantitative estimate of drug-likeness (QED) is 0.498. The predicted octanol–water partition coefficient (Wildman–Crippen LogP) is 3.46. The number of benzene rings is 1. The highest BCUT2D eigenvalue weighted by molar-refractivity contribution is 6.07. The zero-order valence-corrected chi connectivity index (χ0v) is 21.9. The van der Waals surface area contributed by atoms with Gasteiger partial charge in [-0.25, -0.2) is 0 Å². The number of nitrogens with one attached hydrogen (secondary N) is 2. The van der Waals surface area contributed by atoms with E-state index in [0.29, 0.717) is 17.7 Å². The molecule has 0 saturated carbocycles. The first-order valence-corrected chi connectivity index (χ1v) is 12.5. The van der Waals surface area contributed by atoms with Crippen LogP contribution in [0.4, 0.5) is 0 Å². The lowest BCUT2D eigenvalue weighted by Gasteiger charge is -2.34. The van der Waals surface area contributed by atoms with E-state index in [1.165, 1.54) is 0 Å². The van der Waals surface area contributed by atoms with Gasteiger partial charge in [-0.1, -0.05) is 6.58 Å². The molecule has 1 aromatic carbocycles. The second-order valence-corrected chi connectivity index (χ2v) is 9.65. The number of carbonyl (C=O) groups is 1. The smallest absolute Gasteiger partial charge is 0.253 e. The Hall–Kier alpha value is -3.65. The molecule has 1 amide bonds. The van der Waals surface area contributed by atoms with E-state index in [0.717, 1.165) is 65.2 Å². The number of amides is 1. The number of allylic oxidation sites excluding steroid dienone is 2. The van der Waals surface area contributed by atoms with Crippen molar-refractivity contribution < 1.29 is 4.79 Å². The molecule has 1 aliphatic rings. The number of aryl methyl sites for hydroxylation is 3. The number of H-pyrrole nitrogens is 1. The van der Waals surface area contributed by atoms with Crippen molar-refractivity contribution in [3.05, 3.63) is 81.0 Å². The average Bonchev–Trinajstić information content (AvgIpc) is 3.26. The van der Waals surface area contributed by atoms with Crippen molar-refractivity contribution in [1.29, 1.82) is 0 Å². The van der Waals surface area contributed by atoms with Crippen molar-refractivity contribution in [2.75, 3.05) is 33.2 Å². The molecule has 0 aliphatic carbocycles. The van der Waals surface area contributed by atoms with Crippen LogP contribution in [0.2, 0.25) is 0 Å². The molecule has 0 radical (unpaired) electrons. The van der Waals surface area contributed by atoms with Crippen LogP contribution < -0.4 is 10.9 Å². The zero-order valence-electron chi connectivity index (χ0n) is 21.9. The first-order chi connectivity index (χ1) is 17.2. The van der Waals surface area contributed by atoms with Gasteiger partial charge in [0, 0.05) is 61.6 Å². The van der Waals surface area contributed by atoms with Crippen molar-refractivity contribution in [3.63, 3.8) is 0 Å². The van der Waals surface area contributed by atoms with Crippen LogP contribution in [-0.2, 0) is 13.1 Å². The fourth-order valence-corrected chi connectivity index (χ4v) is 4.73. The van der Waals surface area contributed by atoms with Gasteiger partial charge in [0.25, 0.3) is 11.5 Å². The van der Waals surface area contributed by atoms with Gasteiger partial charge in [-0.2, -0.15) is 5.10 Å². The molecule has 2 N–H and O–H groups in total. The SMILES string of the molecule is C=C(/C=C(\C)c1cc(C(=O)NCc2c(C)cc(C)[nH]c2=O)c2cnn(CC)c2c1)N1CCN(C)CC1. The summed E-state index contributed by atoms with van der Waals surface area (Å²) in [6.07, 6.45) is 3.83. The number of nitrogens with zero attached hydrogens (tertiary/aromatic N) is 4. The lowest BCUT2D eigenvalue weighted by Crippen LogP contribution is -2.43. The maximum Gasteiger partial charge on any atom is 0.253 e. The van der Waals surface area contributed by atoms with Crippen molar-refractivity contribution >= 4 is 22.4 Å². The number of rotatable bonds is 7. The molecule has 8 heteroatoms.